The Bertz CT molecular complexity index is 1140. The summed E-state index contributed by atoms with van der Waals surface area (Å²) in [6.07, 6.45) is 3.60. The van der Waals surface area contributed by atoms with Crippen LogP contribution in [0.3, 0.4) is 0 Å². The van der Waals surface area contributed by atoms with Gasteiger partial charge in [0.2, 0.25) is 5.91 Å². The summed E-state index contributed by atoms with van der Waals surface area (Å²) in [5.74, 6) is 0.313. The van der Waals surface area contributed by atoms with Gasteiger partial charge in [-0.1, -0.05) is 37.1 Å². The van der Waals surface area contributed by atoms with Gasteiger partial charge in [0.05, 0.1) is 18.1 Å². The van der Waals surface area contributed by atoms with E-state index in [2.05, 4.69) is 12.2 Å². The van der Waals surface area contributed by atoms with Crippen molar-refractivity contribution in [1.82, 2.24) is 4.90 Å². The molecule has 186 valence electrons. The van der Waals surface area contributed by atoms with E-state index in [-0.39, 0.29) is 11.4 Å². The number of carbonyl (C=O) groups is 3. The summed E-state index contributed by atoms with van der Waals surface area (Å²) < 4.78 is 11.5. The lowest BCUT2D eigenvalue weighted by Crippen LogP contribution is -2.36. The van der Waals surface area contributed by atoms with E-state index in [0.29, 0.717) is 36.0 Å². The average Bonchev–Trinajstić information content (AvgIpc) is 3.05. The van der Waals surface area contributed by atoms with Crippen LogP contribution in [0.25, 0.3) is 6.08 Å². The van der Waals surface area contributed by atoms with Crippen LogP contribution in [0.4, 0.5) is 10.5 Å². The van der Waals surface area contributed by atoms with Crippen LogP contribution in [-0.2, 0) is 9.59 Å². The van der Waals surface area contributed by atoms with Gasteiger partial charge in [0, 0.05) is 5.69 Å². The zero-order valence-electron chi connectivity index (χ0n) is 20.9. The minimum Gasteiger partial charge on any atom is -0.490 e. The fourth-order valence-electron chi connectivity index (χ4n) is 3.82. The van der Waals surface area contributed by atoms with Crippen molar-refractivity contribution in [2.45, 2.75) is 47.5 Å². The van der Waals surface area contributed by atoms with Crippen LogP contribution in [0.1, 0.15) is 48.9 Å². The van der Waals surface area contributed by atoms with Crippen molar-refractivity contribution in [2.24, 2.45) is 0 Å². The molecule has 0 spiro atoms. The first-order valence-electron chi connectivity index (χ1n) is 11.8. The highest BCUT2D eigenvalue weighted by Gasteiger charge is 2.36. The second-order valence-corrected chi connectivity index (χ2v) is 9.42. The summed E-state index contributed by atoms with van der Waals surface area (Å²) in [4.78, 5) is 39.3. The van der Waals surface area contributed by atoms with Gasteiger partial charge < -0.3 is 14.8 Å². The molecule has 7 nitrogen and oxygen atoms in total. The highest BCUT2D eigenvalue weighted by Crippen LogP contribution is 2.35. The molecule has 1 saturated heterocycles. The first-order chi connectivity index (χ1) is 16.7. The highest BCUT2D eigenvalue weighted by atomic mass is 32.2. The smallest absolute Gasteiger partial charge is 0.294 e. The second-order valence-electron chi connectivity index (χ2n) is 8.43. The van der Waals surface area contributed by atoms with Gasteiger partial charge in [0.1, 0.15) is 6.54 Å². The third-order valence-corrected chi connectivity index (χ3v) is 6.34. The number of unbranched alkanes of at least 4 members (excludes halogenated alkanes) is 1. The van der Waals surface area contributed by atoms with Crippen LogP contribution in [-0.4, -0.2) is 41.7 Å². The Hall–Kier alpha value is -3.26. The summed E-state index contributed by atoms with van der Waals surface area (Å²) in [6, 6.07) is 9.35. The van der Waals surface area contributed by atoms with Crippen molar-refractivity contribution < 1.29 is 23.9 Å². The fraction of sp³-hybridized carbons (Fsp3) is 0.370. The van der Waals surface area contributed by atoms with E-state index >= 15 is 0 Å². The predicted octanol–water partition coefficient (Wildman–Crippen LogP) is 5.86. The molecule has 2 aromatic carbocycles. The van der Waals surface area contributed by atoms with Gasteiger partial charge in [-0.2, -0.15) is 0 Å². The largest absolute Gasteiger partial charge is 0.490 e. The molecule has 0 unspecified atom stereocenters. The first kappa shape index (κ1) is 26.3. The number of imide groups is 1. The molecule has 0 aliphatic carbocycles. The van der Waals surface area contributed by atoms with Crippen molar-refractivity contribution in [3.8, 4) is 11.5 Å². The third-order valence-electron chi connectivity index (χ3n) is 5.44. The topological polar surface area (TPSA) is 84.9 Å². The van der Waals surface area contributed by atoms with Gasteiger partial charge in [-0.05, 0) is 80.8 Å². The number of ether oxygens (including phenoxy) is 2. The zero-order valence-corrected chi connectivity index (χ0v) is 21.7. The van der Waals surface area contributed by atoms with Crippen LogP contribution in [0.2, 0.25) is 0 Å². The van der Waals surface area contributed by atoms with Gasteiger partial charge in [-0.15, -0.1) is 0 Å². The van der Waals surface area contributed by atoms with Crippen molar-refractivity contribution in [3.63, 3.8) is 0 Å². The van der Waals surface area contributed by atoms with Crippen LogP contribution < -0.4 is 14.8 Å². The second kappa shape index (κ2) is 11.9. The molecule has 1 heterocycles. The van der Waals surface area contributed by atoms with E-state index < -0.39 is 17.1 Å². The number of anilines is 1. The summed E-state index contributed by atoms with van der Waals surface area (Å²) in [5.41, 5.74) is 4.36. The average molecular weight is 497 g/mol. The molecule has 35 heavy (non-hydrogen) atoms. The van der Waals surface area contributed by atoms with E-state index in [9.17, 15) is 14.4 Å². The third kappa shape index (κ3) is 6.66. The standard InChI is InChI=1S/C27H32N2O5S/c1-6-8-11-34-21-10-9-20(14-22(21)33-7-2)15-23-26(31)29(27(32)35-23)16-24(30)28-25-18(4)12-17(3)13-19(25)5/h9-10,12-15H,6-8,11,16H2,1-5H3,(H,28,30)/b23-15-. The molecule has 2 aromatic rings. The van der Waals surface area contributed by atoms with Crippen molar-refractivity contribution in [1.29, 1.82) is 0 Å². The fourth-order valence-corrected chi connectivity index (χ4v) is 4.65. The Labute approximate surface area is 210 Å². The molecule has 0 bridgehead atoms. The van der Waals surface area contributed by atoms with Crippen LogP contribution in [0.15, 0.2) is 35.2 Å². The van der Waals surface area contributed by atoms with Crippen molar-refractivity contribution in [2.75, 3.05) is 25.1 Å². The van der Waals surface area contributed by atoms with Gasteiger partial charge in [-0.3, -0.25) is 19.3 Å². The summed E-state index contributed by atoms with van der Waals surface area (Å²) >= 11 is 0.820. The Balaban J connectivity index is 1.72. The maximum Gasteiger partial charge on any atom is 0.294 e. The predicted molar refractivity (Wildman–Crippen MR) is 140 cm³/mol. The van der Waals surface area contributed by atoms with E-state index in [1.807, 2.05) is 45.9 Å². The number of nitrogens with zero attached hydrogens (tertiary/aromatic N) is 1. The molecule has 1 aliphatic heterocycles. The minimum atomic E-state index is -0.492. The Morgan fingerprint density at radius 2 is 1.74 bits per heavy atom. The molecular formula is C27H32N2O5S. The normalized spacial score (nSPS) is 14.5. The van der Waals surface area contributed by atoms with Gasteiger partial charge in [-0.25, -0.2) is 0 Å². The molecule has 1 aliphatic rings. The van der Waals surface area contributed by atoms with Crippen LogP contribution >= 0.6 is 11.8 Å². The van der Waals surface area contributed by atoms with E-state index in [1.165, 1.54) is 0 Å². The number of thioether (sulfide) groups is 1. The van der Waals surface area contributed by atoms with E-state index in [0.717, 1.165) is 46.2 Å². The molecule has 1 N–H and O–H groups in total. The number of nitrogens with one attached hydrogen (secondary N) is 1. The Kier molecular flexibility index (Phi) is 8.98. The SMILES string of the molecule is CCCCOc1ccc(/C=C2\SC(=O)N(CC(=O)Nc3c(C)cc(C)cc3C)C2=O)cc1OCC. The number of hydrogen-bond acceptors (Lipinski definition) is 6. The monoisotopic (exact) mass is 496 g/mol. The lowest BCUT2D eigenvalue weighted by Gasteiger charge is -2.16. The molecular weight excluding hydrogens is 464 g/mol. The molecule has 0 aromatic heterocycles. The number of carbonyl (C=O) groups excluding carboxylic acids is 3. The molecule has 3 rings (SSSR count). The van der Waals surface area contributed by atoms with Crippen molar-refractivity contribution >= 4 is 40.6 Å². The molecule has 8 heteroatoms. The molecule has 0 saturated carbocycles. The highest BCUT2D eigenvalue weighted by molar-refractivity contribution is 8.18. The molecule has 1 fully saturated rings. The van der Waals surface area contributed by atoms with E-state index in [1.54, 1.807) is 18.2 Å². The lowest BCUT2D eigenvalue weighted by atomic mass is 10.1. The number of benzene rings is 2. The Morgan fingerprint density at radius 3 is 2.40 bits per heavy atom. The van der Waals surface area contributed by atoms with Crippen LogP contribution in [0, 0.1) is 20.8 Å². The molecule has 0 atom stereocenters. The maximum atomic E-state index is 12.9. The minimum absolute atomic E-state index is 0.257. The number of hydrogen-bond donors (Lipinski definition) is 1. The Morgan fingerprint density at radius 1 is 1.03 bits per heavy atom. The molecule has 0 radical (unpaired) electrons. The summed E-state index contributed by atoms with van der Waals surface area (Å²) in [7, 11) is 0. The first-order valence-corrected chi connectivity index (χ1v) is 12.6. The number of aryl methyl sites for hydroxylation is 3. The lowest BCUT2D eigenvalue weighted by molar-refractivity contribution is -0.127. The number of amides is 3. The zero-order chi connectivity index (χ0) is 25.5. The summed E-state index contributed by atoms with van der Waals surface area (Å²) in [5, 5.41) is 2.37. The summed E-state index contributed by atoms with van der Waals surface area (Å²) in [6.45, 7) is 10.5. The number of rotatable bonds is 10. The van der Waals surface area contributed by atoms with Gasteiger partial charge in [0.25, 0.3) is 11.1 Å². The van der Waals surface area contributed by atoms with Crippen molar-refractivity contribution in [3.05, 3.63) is 57.5 Å². The van der Waals surface area contributed by atoms with E-state index in [4.69, 9.17) is 9.47 Å². The van der Waals surface area contributed by atoms with Gasteiger partial charge >= 0.3 is 0 Å². The van der Waals surface area contributed by atoms with Crippen LogP contribution in [0.5, 0.6) is 11.5 Å². The quantitative estimate of drug-likeness (QED) is 0.327. The molecule has 3 amide bonds. The maximum absolute atomic E-state index is 12.9. The van der Waals surface area contributed by atoms with Gasteiger partial charge in [0.15, 0.2) is 11.5 Å².